The molecule has 1 aromatic carbocycles. The van der Waals surface area contributed by atoms with E-state index in [-0.39, 0.29) is 10.6 Å². The van der Waals surface area contributed by atoms with Crippen LogP contribution in [0.5, 0.6) is 5.75 Å². The zero-order chi connectivity index (χ0) is 12.3. The van der Waals surface area contributed by atoms with E-state index in [4.69, 9.17) is 16.3 Å². The van der Waals surface area contributed by atoms with Gasteiger partial charge in [0.1, 0.15) is 6.61 Å². The number of ether oxygens (including phenoxy) is 1. The van der Waals surface area contributed by atoms with Crippen LogP contribution < -0.4 is 10.3 Å². The summed E-state index contributed by atoms with van der Waals surface area (Å²) in [7, 11) is 1.54. The number of aromatic nitrogens is 2. The zero-order valence-electron chi connectivity index (χ0n) is 9.26. The van der Waals surface area contributed by atoms with Crippen LogP contribution in [0.1, 0.15) is 5.56 Å². The maximum absolute atomic E-state index is 11.5. The Morgan fingerprint density at radius 1 is 1.35 bits per heavy atom. The monoisotopic (exact) mass is 250 g/mol. The lowest BCUT2D eigenvalue weighted by Crippen LogP contribution is -2.20. The minimum absolute atomic E-state index is 0.0541. The van der Waals surface area contributed by atoms with Gasteiger partial charge in [0, 0.05) is 7.05 Å². The van der Waals surface area contributed by atoms with Gasteiger partial charge in [-0.3, -0.25) is 4.79 Å². The predicted molar refractivity (Wildman–Crippen MR) is 65.3 cm³/mol. The van der Waals surface area contributed by atoms with E-state index >= 15 is 0 Å². The fourth-order valence-electron chi connectivity index (χ4n) is 1.33. The molecule has 0 aliphatic heterocycles. The Hall–Kier alpha value is -1.81. The molecule has 2 rings (SSSR count). The SMILES string of the molecule is Cn1ncc(OCc2ccccc2)c(Cl)c1=O. The van der Waals surface area contributed by atoms with Crippen molar-refractivity contribution in [3.05, 3.63) is 57.5 Å². The molecule has 0 aliphatic rings. The number of hydrogen-bond acceptors (Lipinski definition) is 3. The number of nitrogens with zero attached hydrogens (tertiary/aromatic N) is 2. The number of hydrogen-bond donors (Lipinski definition) is 0. The van der Waals surface area contributed by atoms with Crippen molar-refractivity contribution in [2.75, 3.05) is 0 Å². The summed E-state index contributed by atoms with van der Waals surface area (Å²) < 4.78 is 6.62. The zero-order valence-corrected chi connectivity index (χ0v) is 10.0. The lowest BCUT2D eigenvalue weighted by Gasteiger charge is -2.07. The maximum atomic E-state index is 11.5. The molecule has 5 heteroatoms. The lowest BCUT2D eigenvalue weighted by atomic mass is 10.2. The minimum Gasteiger partial charge on any atom is -0.485 e. The van der Waals surface area contributed by atoms with Crippen LogP contribution in [-0.4, -0.2) is 9.78 Å². The van der Waals surface area contributed by atoms with Gasteiger partial charge in [-0.15, -0.1) is 0 Å². The predicted octanol–water partition coefficient (Wildman–Crippen LogP) is 2.01. The smallest absolute Gasteiger partial charge is 0.289 e. The standard InChI is InChI=1S/C12H11ClN2O2/c1-15-12(16)11(13)10(7-14-15)17-8-9-5-3-2-4-6-9/h2-7H,8H2,1H3. The molecule has 1 heterocycles. The van der Waals surface area contributed by atoms with Gasteiger partial charge < -0.3 is 4.74 Å². The molecule has 0 saturated heterocycles. The highest BCUT2D eigenvalue weighted by Gasteiger charge is 2.08. The van der Waals surface area contributed by atoms with Crippen molar-refractivity contribution in [1.82, 2.24) is 9.78 Å². The first kappa shape index (κ1) is 11.7. The highest BCUT2D eigenvalue weighted by Crippen LogP contribution is 2.19. The van der Waals surface area contributed by atoms with Gasteiger partial charge >= 0.3 is 0 Å². The highest BCUT2D eigenvalue weighted by atomic mass is 35.5. The molecular formula is C12H11ClN2O2. The molecule has 1 aromatic heterocycles. The summed E-state index contributed by atoms with van der Waals surface area (Å²) in [6, 6.07) is 9.63. The molecule has 0 saturated carbocycles. The second-order valence-corrected chi connectivity index (χ2v) is 3.90. The fourth-order valence-corrected chi connectivity index (χ4v) is 1.56. The van der Waals surface area contributed by atoms with Crippen LogP contribution in [-0.2, 0) is 13.7 Å². The first-order chi connectivity index (χ1) is 8.18. The molecule has 17 heavy (non-hydrogen) atoms. The molecule has 0 unspecified atom stereocenters. The molecule has 0 atom stereocenters. The molecule has 0 aliphatic carbocycles. The van der Waals surface area contributed by atoms with Crippen LogP contribution in [0.25, 0.3) is 0 Å². The Morgan fingerprint density at radius 3 is 2.76 bits per heavy atom. The van der Waals surface area contributed by atoms with E-state index in [1.165, 1.54) is 13.2 Å². The van der Waals surface area contributed by atoms with Crippen molar-refractivity contribution < 1.29 is 4.74 Å². The summed E-state index contributed by atoms with van der Waals surface area (Å²) in [5.41, 5.74) is 0.640. The molecule has 0 radical (unpaired) electrons. The molecule has 0 amide bonds. The van der Waals surface area contributed by atoms with Gasteiger partial charge in [0.2, 0.25) is 0 Å². The van der Waals surface area contributed by atoms with Gasteiger partial charge in [-0.25, -0.2) is 4.68 Å². The van der Waals surface area contributed by atoms with Crippen molar-refractivity contribution in [2.45, 2.75) is 6.61 Å². The number of rotatable bonds is 3. The maximum Gasteiger partial charge on any atom is 0.289 e. The summed E-state index contributed by atoms with van der Waals surface area (Å²) in [4.78, 5) is 11.5. The summed E-state index contributed by atoms with van der Waals surface area (Å²) in [6.45, 7) is 0.357. The third-order valence-electron chi connectivity index (χ3n) is 2.28. The van der Waals surface area contributed by atoms with Gasteiger partial charge in [0.05, 0.1) is 6.20 Å². The van der Waals surface area contributed by atoms with Gasteiger partial charge in [0.25, 0.3) is 5.56 Å². The van der Waals surface area contributed by atoms with E-state index in [1.807, 2.05) is 30.3 Å². The Kier molecular flexibility index (Phi) is 3.44. The average Bonchev–Trinajstić information content (AvgIpc) is 2.36. The van der Waals surface area contributed by atoms with Crippen LogP contribution in [0, 0.1) is 0 Å². The normalized spacial score (nSPS) is 10.2. The number of aryl methyl sites for hydroxylation is 1. The van der Waals surface area contributed by atoms with Gasteiger partial charge in [-0.1, -0.05) is 41.9 Å². The van der Waals surface area contributed by atoms with Crippen LogP contribution in [0.2, 0.25) is 5.02 Å². The first-order valence-electron chi connectivity index (χ1n) is 5.07. The van der Waals surface area contributed by atoms with E-state index < -0.39 is 0 Å². The second kappa shape index (κ2) is 5.01. The molecule has 0 bridgehead atoms. The van der Waals surface area contributed by atoms with E-state index in [0.29, 0.717) is 12.4 Å². The van der Waals surface area contributed by atoms with Crippen molar-refractivity contribution in [3.63, 3.8) is 0 Å². The third kappa shape index (κ3) is 2.65. The Labute approximate surface area is 103 Å². The average molecular weight is 251 g/mol. The first-order valence-corrected chi connectivity index (χ1v) is 5.45. The third-order valence-corrected chi connectivity index (χ3v) is 2.63. The number of benzene rings is 1. The van der Waals surface area contributed by atoms with Crippen molar-refractivity contribution in [3.8, 4) is 5.75 Å². The lowest BCUT2D eigenvalue weighted by molar-refractivity contribution is 0.303. The minimum atomic E-state index is -0.364. The van der Waals surface area contributed by atoms with Gasteiger partial charge in [0.15, 0.2) is 10.8 Å². The van der Waals surface area contributed by atoms with Crippen molar-refractivity contribution >= 4 is 11.6 Å². The molecule has 0 fully saturated rings. The van der Waals surface area contributed by atoms with Crippen LogP contribution in [0.4, 0.5) is 0 Å². The molecule has 2 aromatic rings. The molecule has 0 N–H and O–H groups in total. The molecule has 0 spiro atoms. The summed E-state index contributed by atoms with van der Waals surface area (Å²) in [6.07, 6.45) is 1.44. The van der Waals surface area contributed by atoms with Crippen LogP contribution in [0.15, 0.2) is 41.3 Å². The quantitative estimate of drug-likeness (QED) is 0.837. The van der Waals surface area contributed by atoms with Gasteiger partial charge in [-0.2, -0.15) is 5.10 Å². The highest BCUT2D eigenvalue weighted by molar-refractivity contribution is 6.31. The van der Waals surface area contributed by atoms with E-state index in [9.17, 15) is 4.79 Å². The van der Waals surface area contributed by atoms with Gasteiger partial charge in [-0.05, 0) is 5.56 Å². The Bertz CT molecular complexity index is 566. The Balaban J connectivity index is 2.15. The van der Waals surface area contributed by atoms with Crippen molar-refractivity contribution in [1.29, 1.82) is 0 Å². The van der Waals surface area contributed by atoms with E-state index in [2.05, 4.69) is 5.10 Å². The molecule has 88 valence electrons. The second-order valence-electron chi connectivity index (χ2n) is 3.53. The fraction of sp³-hybridized carbons (Fsp3) is 0.167. The largest absolute Gasteiger partial charge is 0.485 e. The summed E-state index contributed by atoms with van der Waals surface area (Å²) in [5, 5.41) is 3.90. The Morgan fingerprint density at radius 2 is 2.06 bits per heavy atom. The summed E-state index contributed by atoms with van der Waals surface area (Å²) in [5.74, 6) is 0.304. The number of halogens is 1. The van der Waals surface area contributed by atoms with E-state index in [0.717, 1.165) is 10.2 Å². The summed E-state index contributed by atoms with van der Waals surface area (Å²) >= 11 is 5.87. The topological polar surface area (TPSA) is 44.1 Å². The van der Waals surface area contributed by atoms with Crippen molar-refractivity contribution in [2.24, 2.45) is 7.05 Å². The molecular weight excluding hydrogens is 240 g/mol. The molecule has 4 nitrogen and oxygen atoms in total. The van der Waals surface area contributed by atoms with Crippen LogP contribution >= 0.6 is 11.6 Å². The van der Waals surface area contributed by atoms with E-state index in [1.54, 1.807) is 0 Å². The van der Waals surface area contributed by atoms with Crippen LogP contribution in [0.3, 0.4) is 0 Å².